The van der Waals surface area contributed by atoms with Gasteiger partial charge < -0.3 is 19.9 Å². The van der Waals surface area contributed by atoms with Gasteiger partial charge in [-0.25, -0.2) is 0 Å². The number of hydrogen-bond donors (Lipinski definition) is 2. The first-order valence-corrected chi connectivity index (χ1v) is 10.8. The van der Waals surface area contributed by atoms with Gasteiger partial charge in [-0.05, 0) is 74.6 Å². The minimum atomic E-state index is -0.0816. The summed E-state index contributed by atoms with van der Waals surface area (Å²) >= 11 is 5.73. The lowest BCUT2D eigenvalue weighted by molar-refractivity contribution is 0.0904. The molecule has 1 unspecified atom stereocenters. The van der Waals surface area contributed by atoms with Gasteiger partial charge in [0.05, 0.1) is 12.6 Å². The van der Waals surface area contributed by atoms with E-state index in [0.717, 1.165) is 41.6 Å². The second kappa shape index (κ2) is 8.98. The average molecular weight is 422 g/mol. The number of aryl methyl sites for hydroxylation is 2. The topological polar surface area (TPSA) is 57.4 Å². The molecule has 2 heterocycles. The second-order valence-corrected chi connectivity index (χ2v) is 8.41. The lowest BCUT2D eigenvalue weighted by atomic mass is 10.1. The summed E-state index contributed by atoms with van der Waals surface area (Å²) in [6, 6.07) is 16.1. The molecule has 4 rings (SSSR count). The largest absolute Gasteiger partial charge is 0.376 e. The number of rotatable bonds is 5. The molecule has 1 aliphatic heterocycles. The molecule has 156 valence electrons. The van der Waals surface area contributed by atoms with Gasteiger partial charge in [-0.15, -0.1) is 0 Å². The summed E-state index contributed by atoms with van der Waals surface area (Å²) in [6.07, 6.45) is 2.20. The monoisotopic (exact) mass is 421 g/mol. The van der Waals surface area contributed by atoms with Crippen LogP contribution in [0.25, 0.3) is 10.9 Å². The first kappa shape index (κ1) is 20.6. The van der Waals surface area contributed by atoms with Crippen molar-refractivity contribution in [2.24, 2.45) is 0 Å². The Kier molecular flexibility index (Phi) is 6.16. The van der Waals surface area contributed by atoms with Crippen LogP contribution in [-0.4, -0.2) is 34.3 Å². The third-order valence-electron chi connectivity index (χ3n) is 5.48. The summed E-state index contributed by atoms with van der Waals surface area (Å²) in [7, 11) is 0. The van der Waals surface area contributed by atoms with Crippen LogP contribution in [-0.2, 0) is 11.3 Å². The molecule has 0 amide bonds. The molecule has 1 aliphatic rings. The van der Waals surface area contributed by atoms with Crippen molar-refractivity contribution in [3.63, 3.8) is 0 Å². The molecule has 2 N–H and O–H groups in total. The van der Waals surface area contributed by atoms with Crippen molar-refractivity contribution in [3.05, 3.63) is 75.6 Å². The third-order valence-corrected chi connectivity index (χ3v) is 5.84. The molecule has 1 atom stereocenters. The molecule has 6 heteroatoms. The summed E-state index contributed by atoms with van der Waals surface area (Å²) in [5, 5.41) is 4.94. The molecular formula is C24H27N3O2S. The van der Waals surface area contributed by atoms with Crippen molar-refractivity contribution in [3.8, 4) is 0 Å². The highest BCUT2D eigenvalue weighted by Gasteiger charge is 2.22. The van der Waals surface area contributed by atoms with E-state index in [1.165, 1.54) is 5.56 Å². The fourth-order valence-corrected chi connectivity index (χ4v) is 4.04. The van der Waals surface area contributed by atoms with Gasteiger partial charge in [-0.1, -0.05) is 29.3 Å². The van der Waals surface area contributed by atoms with Crippen molar-refractivity contribution in [1.29, 1.82) is 0 Å². The number of hydrogen-bond acceptors (Lipinski definition) is 3. The van der Waals surface area contributed by atoms with E-state index in [2.05, 4.69) is 30.2 Å². The fraction of sp³-hybridized carbons (Fsp3) is 0.333. The molecule has 0 aliphatic carbocycles. The first-order chi connectivity index (χ1) is 14.5. The first-order valence-electron chi connectivity index (χ1n) is 10.3. The van der Waals surface area contributed by atoms with Crippen LogP contribution in [0.15, 0.2) is 53.3 Å². The summed E-state index contributed by atoms with van der Waals surface area (Å²) in [4.78, 5) is 17.8. The van der Waals surface area contributed by atoms with Gasteiger partial charge in [-0.3, -0.25) is 4.79 Å². The molecule has 3 aromatic rings. The predicted octanol–water partition coefficient (Wildman–Crippen LogP) is 4.52. The molecule has 1 fully saturated rings. The van der Waals surface area contributed by atoms with Crippen molar-refractivity contribution < 1.29 is 4.74 Å². The Morgan fingerprint density at radius 2 is 1.93 bits per heavy atom. The maximum atomic E-state index is 12.7. The average Bonchev–Trinajstić information content (AvgIpc) is 3.23. The standard InChI is InChI=1S/C24H27N3O2S/c1-16-5-8-20(9-6-16)25-24(30)27(15-21-4-3-11-29-21)14-19-13-18-12-17(2)7-10-22(18)26-23(19)28/h5-10,12-13,21H,3-4,11,14-15H2,1-2H3,(H,25,30)(H,26,28). The summed E-state index contributed by atoms with van der Waals surface area (Å²) < 4.78 is 5.84. The normalized spacial score (nSPS) is 16.0. The van der Waals surface area contributed by atoms with Crippen LogP contribution >= 0.6 is 12.2 Å². The van der Waals surface area contributed by atoms with Gasteiger partial charge in [0.25, 0.3) is 5.56 Å². The summed E-state index contributed by atoms with van der Waals surface area (Å²) in [5.41, 5.74) is 4.75. The molecule has 5 nitrogen and oxygen atoms in total. The molecule has 30 heavy (non-hydrogen) atoms. The number of aromatic amines is 1. The van der Waals surface area contributed by atoms with E-state index in [1.807, 2.05) is 47.4 Å². The molecule has 1 saturated heterocycles. The van der Waals surface area contributed by atoms with Gasteiger partial charge in [0.1, 0.15) is 0 Å². The van der Waals surface area contributed by atoms with Crippen LogP contribution in [0.2, 0.25) is 0 Å². The fourth-order valence-electron chi connectivity index (χ4n) is 3.79. The predicted molar refractivity (Wildman–Crippen MR) is 126 cm³/mol. The Hall–Kier alpha value is -2.70. The molecule has 0 bridgehead atoms. The van der Waals surface area contributed by atoms with Gasteiger partial charge in [-0.2, -0.15) is 0 Å². The second-order valence-electron chi connectivity index (χ2n) is 8.03. The molecule has 0 saturated carbocycles. The van der Waals surface area contributed by atoms with Crippen LogP contribution in [0.3, 0.4) is 0 Å². The minimum Gasteiger partial charge on any atom is -0.376 e. The van der Waals surface area contributed by atoms with E-state index < -0.39 is 0 Å². The van der Waals surface area contributed by atoms with E-state index >= 15 is 0 Å². The number of anilines is 1. The number of nitrogens with zero attached hydrogens (tertiary/aromatic N) is 1. The van der Waals surface area contributed by atoms with E-state index in [9.17, 15) is 4.79 Å². The van der Waals surface area contributed by atoms with Gasteiger partial charge in [0.2, 0.25) is 0 Å². The van der Waals surface area contributed by atoms with E-state index in [1.54, 1.807) is 0 Å². The molecule has 0 radical (unpaired) electrons. The van der Waals surface area contributed by atoms with Crippen molar-refractivity contribution in [2.45, 2.75) is 39.3 Å². The maximum absolute atomic E-state index is 12.7. The quantitative estimate of drug-likeness (QED) is 0.593. The van der Waals surface area contributed by atoms with Crippen molar-refractivity contribution in [1.82, 2.24) is 9.88 Å². The SMILES string of the molecule is Cc1ccc(NC(=S)N(Cc2cc3cc(C)ccc3[nH]c2=O)CC2CCCO2)cc1. The number of ether oxygens (including phenoxy) is 1. The highest BCUT2D eigenvalue weighted by Crippen LogP contribution is 2.18. The van der Waals surface area contributed by atoms with E-state index in [-0.39, 0.29) is 11.7 Å². The zero-order chi connectivity index (χ0) is 21.1. The van der Waals surface area contributed by atoms with Crippen LogP contribution in [0.4, 0.5) is 5.69 Å². The van der Waals surface area contributed by atoms with E-state index in [0.29, 0.717) is 23.8 Å². The summed E-state index contributed by atoms with van der Waals surface area (Å²) in [5.74, 6) is 0. The highest BCUT2D eigenvalue weighted by atomic mass is 32.1. The minimum absolute atomic E-state index is 0.0816. The Morgan fingerprint density at radius 1 is 1.17 bits per heavy atom. The van der Waals surface area contributed by atoms with Gasteiger partial charge >= 0.3 is 0 Å². The zero-order valence-electron chi connectivity index (χ0n) is 17.4. The maximum Gasteiger partial charge on any atom is 0.253 e. The number of aromatic nitrogens is 1. The lowest BCUT2D eigenvalue weighted by Crippen LogP contribution is -2.40. The van der Waals surface area contributed by atoms with Crippen LogP contribution in [0.5, 0.6) is 0 Å². The number of fused-ring (bicyclic) bond motifs is 1. The Labute approximate surface area is 182 Å². The highest BCUT2D eigenvalue weighted by molar-refractivity contribution is 7.80. The molecule has 0 spiro atoms. The number of thiocarbonyl (C=S) groups is 1. The van der Waals surface area contributed by atoms with Crippen LogP contribution in [0, 0.1) is 13.8 Å². The molecular weight excluding hydrogens is 394 g/mol. The Balaban J connectivity index is 1.59. The number of pyridine rings is 1. The van der Waals surface area contributed by atoms with Crippen LogP contribution < -0.4 is 10.9 Å². The smallest absolute Gasteiger partial charge is 0.253 e. The number of nitrogens with one attached hydrogen (secondary N) is 2. The Bertz CT molecular complexity index is 1100. The third kappa shape index (κ3) is 4.89. The lowest BCUT2D eigenvalue weighted by Gasteiger charge is -2.28. The Morgan fingerprint density at radius 3 is 2.67 bits per heavy atom. The zero-order valence-corrected chi connectivity index (χ0v) is 18.2. The molecule has 2 aromatic carbocycles. The van der Waals surface area contributed by atoms with E-state index in [4.69, 9.17) is 17.0 Å². The van der Waals surface area contributed by atoms with Gasteiger partial charge in [0, 0.05) is 29.9 Å². The number of H-pyrrole nitrogens is 1. The van der Waals surface area contributed by atoms with Gasteiger partial charge in [0.15, 0.2) is 5.11 Å². The van der Waals surface area contributed by atoms with Crippen LogP contribution in [0.1, 0.15) is 29.5 Å². The molecule has 1 aromatic heterocycles. The van der Waals surface area contributed by atoms with Crippen molar-refractivity contribution in [2.75, 3.05) is 18.5 Å². The van der Waals surface area contributed by atoms with Crippen molar-refractivity contribution >= 4 is 33.9 Å². The number of benzene rings is 2. The summed E-state index contributed by atoms with van der Waals surface area (Å²) in [6.45, 7) is 5.97.